The zero-order chi connectivity index (χ0) is 13.2. The van der Waals surface area contributed by atoms with Gasteiger partial charge in [0, 0.05) is 13.5 Å². The number of carbonyl (C=O) groups excluding carboxylic acids is 1. The van der Waals surface area contributed by atoms with Crippen LogP contribution in [-0.4, -0.2) is 22.3 Å². The number of imidazole rings is 1. The highest BCUT2D eigenvalue weighted by Gasteiger charge is 2.03. The number of ketones is 1. The molecule has 4 nitrogen and oxygen atoms in total. The van der Waals surface area contributed by atoms with Crippen molar-refractivity contribution < 1.29 is 4.79 Å². The fourth-order valence-electron chi connectivity index (χ4n) is 1.88. The molecule has 1 aromatic rings. The summed E-state index contributed by atoms with van der Waals surface area (Å²) in [4.78, 5) is 18.1. The molecule has 0 saturated carbocycles. The average molecular weight is 251 g/mol. The van der Waals surface area contributed by atoms with E-state index in [0.717, 1.165) is 13.0 Å². The van der Waals surface area contributed by atoms with Crippen molar-refractivity contribution in [2.45, 2.75) is 58.8 Å². The predicted molar refractivity (Wildman–Crippen MR) is 75.1 cm³/mol. The molecule has 0 radical (unpaired) electrons. The van der Waals surface area contributed by atoms with Gasteiger partial charge < -0.3 is 10.3 Å². The minimum Gasteiger partial charge on any atom is -0.356 e. The Morgan fingerprint density at radius 3 is 2.50 bits per heavy atom. The fraction of sp³-hybridized carbons (Fsp3) is 0.714. The van der Waals surface area contributed by atoms with E-state index in [1.165, 1.54) is 45.4 Å². The van der Waals surface area contributed by atoms with Gasteiger partial charge in [0.05, 0.1) is 6.20 Å². The van der Waals surface area contributed by atoms with Gasteiger partial charge >= 0.3 is 0 Å². The average Bonchev–Trinajstić information content (AvgIpc) is 2.81. The molecule has 0 aliphatic heterocycles. The van der Waals surface area contributed by atoms with E-state index in [-0.39, 0.29) is 5.78 Å². The number of nitrogens with zero attached hydrogens (tertiary/aromatic N) is 1. The number of H-pyrrole nitrogens is 1. The summed E-state index contributed by atoms with van der Waals surface area (Å²) in [5.74, 6) is 0.720. The summed E-state index contributed by atoms with van der Waals surface area (Å²) in [7, 11) is 0. The van der Waals surface area contributed by atoms with Crippen LogP contribution < -0.4 is 5.32 Å². The van der Waals surface area contributed by atoms with E-state index in [4.69, 9.17) is 0 Å². The largest absolute Gasteiger partial charge is 0.356 e. The number of Topliss-reactive ketones (excluding diaryl/α,β-unsaturated/α-hetero) is 1. The number of hydrogen-bond acceptors (Lipinski definition) is 3. The zero-order valence-electron chi connectivity index (χ0n) is 11.6. The summed E-state index contributed by atoms with van der Waals surface area (Å²) in [6.45, 7) is 4.69. The molecule has 0 aromatic carbocycles. The molecule has 0 spiro atoms. The summed E-state index contributed by atoms with van der Waals surface area (Å²) in [5, 5.41) is 3.20. The molecule has 1 heterocycles. The molecule has 0 bridgehead atoms. The van der Waals surface area contributed by atoms with Crippen LogP contribution in [0, 0.1) is 0 Å². The molecule has 1 aromatic heterocycles. The van der Waals surface area contributed by atoms with Gasteiger partial charge in [0.25, 0.3) is 0 Å². The minimum atomic E-state index is 0.0199. The number of carbonyl (C=O) groups is 1. The van der Waals surface area contributed by atoms with E-state index in [0.29, 0.717) is 11.6 Å². The van der Waals surface area contributed by atoms with Gasteiger partial charge in [-0.25, -0.2) is 4.98 Å². The molecule has 0 amide bonds. The van der Waals surface area contributed by atoms with Crippen molar-refractivity contribution in [2.24, 2.45) is 0 Å². The van der Waals surface area contributed by atoms with Crippen molar-refractivity contribution in [1.82, 2.24) is 9.97 Å². The van der Waals surface area contributed by atoms with Crippen LogP contribution in [0.5, 0.6) is 0 Å². The first-order valence-corrected chi connectivity index (χ1v) is 7.04. The second kappa shape index (κ2) is 8.72. The van der Waals surface area contributed by atoms with Crippen LogP contribution >= 0.6 is 0 Å². The summed E-state index contributed by atoms with van der Waals surface area (Å²) in [6, 6.07) is 0. The Hall–Kier alpha value is -1.32. The third kappa shape index (κ3) is 5.84. The first kappa shape index (κ1) is 14.7. The summed E-state index contributed by atoms with van der Waals surface area (Å²) in [5.41, 5.74) is 0.567. The predicted octanol–water partition coefficient (Wildman–Crippen LogP) is 3.77. The maximum absolute atomic E-state index is 11.1. The van der Waals surface area contributed by atoms with E-state index >= 15 is 0 Å². The molecule has 18 heavy (non-hydrogen) atoms. The van der Waals surface area contributed by atoms with E-state index in [2.05, 4.69) is 22.2 Å². The van der Waals surface area contributed by atoms with Crippen molar-refractivity contribution in [2.75, 3.05) is 11.9 Å². The number of aromatic nitrogens is 2. The molecular formula is C14H25N3O. The fourth-order valence-corrected chi connectivity index (χ4v) is 1.88. The first-order valence-electron chi connectivity index (χ1n) is 7.04. The number of aromatic amines is 1. The van der Waals surface area contributed by atoms with Crippen LogP contribution in [-0.2, 0) is 0 Å². The van der Waals surface area contributed by atoms with Crippen LogP contribution in [0.3, 0.4) is 0 Å². The van der Waals surface area contributed by atoms with Crippen LogP contribution in [0.2, 0.25) is 0 Å². The quantitative estimate of drug-likeness (QED) is 0.491. The van der Waals surface area contributed by atoms with Gasteiger partial charge in [-0.05, 0) is 6.42 Å². The Morgan fingerprint density at radius 1 is 1.22 bits per heavy atom. The molecule has 0 aliphatic carbocycles. The molecule has 0 atom stereocenters. The zero-order valence-corrected chi connectivity index (χ0v) is 11.6. The molecule has 0 unspecified atom stereocenters. The molecule has 0 saturated heterocycles. The van der Waals surface area contributed by atoms with Gasteiger partial charge in [-0.1, -0.05) is 45.4 Å². The number of anilines is 1. The smallest absolute Gasteiger partial charge is 0.200 e. The van der Waals surface area contributed by atoms with Crippen LogP contribution in [0.1, 0.15) is 69.3 Å². The van der Waals surface area contributed by atoms with Gasteiger partial charge in [-0.2, -0.15) is 0 Å². The molecule has 4 heteroatoms. The topological polar surface area (TPSA) is 57.8 Å². The third-order valence-electron chi connectivity index (χ3n) is 3.03. The van der Waals surface area contributed by atoms with Gasteiger partial charge in [0.1, 0.15) is 5.69 Å². The lowest BCUT2D eigenvalue weighted by atomic mass is 10.1. The first-order chi connectivity index (χ1) is 8.74. The van der Waals surface area contributed by atoms with Crippen molar-refractivity contribution in [1.29, 1.82) is 0 Å². The monoisotopic (exact) mass is 251 g/mol. The Morgan fingerprint density at radius 2 is 1.89 bits per heavy atom. The van der Waals surface area contributed by atoms with Crippen molar-refractivity contribution in [3.05, 3.63) is 11.9 Å². The van der Waals surface area contributed by atoms with Crippen molar-refractivity contribution in [3.8, 4) is 0 Å². The molecule has 1 rings (SSSR count). The van der Waals surface area contributed by atoms with E-state index in [1.807, 2.05) is 0 Å². The molecular weight excluding hydrogens is 226 g/mol. The van der Waals surface area contributed by atoms with E-state index < -0.39 is 0 Å². The van der Waals surface area contributed by atoms with Crippen molar-refractivity contribution in [3.63, 3.8) is 0 Å². The summed E-state index contributed by atoms with van der Waals surface area (Å²) in [6.07, 6.45) is 10.7. The Balaban J connectivity index is 2.02. The second-order valence-corrected chi connectivity index (χ2v) is 4.75. The van der Waals surface area contributed by atoms with Gasteiger partial charge in [-0.15, -0.1) is 0 Å². The molecule has 0 aliphatic rings. The minimum absolute atomic E-state index is 0.0199. The summed E-state index contributed by atoms with van der Waals surface area (Å²) >= 11 is 0. The lowest BCUT2D eigenvalue weighted by molar-refractivity contribution is 0.101. The highest BCUT2D eigenvalue weighted by Crippen LogP contribution is 2.07. The van der Waals surface area contributed by atoms with E-state index in [9.17, 15) is 4.79 Å². The highest BCUT2D eigenvalue weighted by molar-refractivity contribution is 5.92. The standard InChI is InChI=1S/C14H25N3O/c1-3-4-5-6-7-8-9-10-15-14-16-11-13(17-14)12(2)18/h11H,3-10H2,1-2H3,(H2,15,16,17). The van der Waals surface area contributed by atoms with Crippen LogP contribution in [0.25, 0.3) is 0 Å². The van der Waals surface area contributed by atoms with Gasteiger partial charge in [0.15, 0.2) is 5.78 Å². The lowest BCUT2D eigenvalue weighted by Crippen LogP contribution is -2.03. The van der Waals surface area contributed by atoms with Crippen LogP contribution in [0.15, 0.2) is 6.20 Å². The second-order valence-electron chi connectivity index (χ2n) is 4.75. The number of unbranched alkanes of at least 4 members (excludes halogenated alkanes) is 6. The van der Waals surface area contributed by atoms with E-state index in [1.54, 1.807) is 6.20 Å². The highest BCUT2D eigenvalue weighted by atomic mass is 16.1. The number of hydrogen-bond donors (Lipinski definition) is 2. The third-order valence-corrected chi connectivity index (χ3v) is 3.03. The maximum atomic E-state index is 11.1. The lowest BCUT2D eigenvalue weighted by Gasteiger charge is -2.03. The van der Waals surface area contributed by atoms with Crippen molar-refractivity contribution >= 4 is 11.7 Å². The Kier molecular flexibility index (Phi) is 7.14. The van der Waals surface area contributed by atoms with Gasteiger partial charge in [0.2, 0.25) is 5.95 Å². The number of rotatable bonds is 10. The normalized spacial score (nSPS) is 10.6. The van der Waals surface area contributed by atoms with Gasteiger partial charge in [-0.3, -0.25) is 4.79 Å². The van der Waals surface area contributed by atoms with Crippen LogP contribution in [0.4, 0.5) is 5.95 Å². The SMILES string of the molecule is CCCCCCCCCNc1ncc(C(C)=O)[nH]1. The molecule has 0 fully saturated rings. The summed E-state index contributed by atoms with van der Waals surface area (Å²) < 4.78 is 0. The molecule has 102 valence electrons. The maximum Gasteiger partial charge on any atom is 0.200 e. The number of nitrogens with one attached hydrogen (secondary N) is 2. The molecule has 2 N–H and O–H groups in total. The Labute approximate surface area is 110 Å². The Bertz CT molecular complexity index is 347.